The monoisotopic (exact) mass is 246 g/mol. The van der Waals surface area contributed by atoms with Crippen LogP contribution in [-0.4, -0.2) is 35.7 Å². The average Bonchev–Trinajstić information content (AvgIpc) is 2.29. The van der Waals surface area contributed by atoms with Gasteiger partial charge in [0.15, 0.2) is 5.16 Å². The first kappa shape index (κ1) is 12.6. The van der Waals surface area contributed by atoms with Gasteiger partial charge in [0.05, 0.1) is 6.61 Å². The van der Waals surface area contributed by atoms with Gasteiger partial charge in [0.25, 0.3) is 0 Å². The van der Waals surface area contributed by atoms with E-state index in [1.807, 2.05) is 12.3 Å². The summed E-state index contributed by atoms with van der Waals surface area (Å²) in [4.78, 5) is 8.51. The molecule has 0 amide bonds. The Bertz CT molecular complexity index is 288. The van der Waals surface area contributed by atoms with Gasteiger partial charge in [-0.2, -0.15) is 0 Å². The largest absolute Gasteiger partial charge is 0.384 e. The van der Waals surface area contributed by atoms with Crippen molar-refractivity contribution < 1.29 is 4.74 Å². The molecular weight excluding hydrogens is 232 g/mol. The number of hydrazine groups is 1. The van der Waals surface area contributed by atoms with E-state index < -0.39 is 0 Å². The molecule has 0 unspecified atom stereocenters. The van der Waals surface area contributed by atoms with E-state index in [9.17, 15) is 0 Å². The third-order valence-corrected chi connectivity index (χ3v) is 2.97. The quantitative estimate of drug-likeness (QED) is 0.195. The molecule has 5 nitrogen and oxygen atoms in total. The summed E-state index contributed by atoms with van der Waals surface area (Å²) in [5.74, 6) is 6.81. The lowest BCUT2D eigenvalue weighted by Crippen LogP contribution is -2.09. The maximum Gasteiger partial charge on any atom is 0.190 e. The van der Waals surface area contributed by atoms with Crippen molar-refractivity contribution in [3.8, 4) is 0 Å². The van der Waals surface area contributed by atoms with Crippen molar-refractivity contribution in [2.24, 2.45) is 5.84 Å². The van der Waals surface area contributed by atoms with Crippen LogP contribution < -0.4 is 11.3 Å². The van der Waals surface area contributed by atoms with Crippen LogP contribution in [0.3, 0.4) is 0 Å². The molecule has 0 saturated carbocycles. The van der Waals surface area contributed by atoms with Crippen LogP contribution in [0, 0.1) is 0 Å². The highest BCUT2D eigenvalue weighted by Crippen LogP contribution is 2.21. The molecule has 15 heavy (non-hydrogen) atoms. The van der Waals surface area contributed by atoms with Crippen molar-refractivity contribution in [2.45, 2.75) is 10.2 Å². The lowest BCUT2D eigenvalue weighted by atomic mass is 10.6. The SMILES string of the molecule is COCCSc1cc(NN)nc(SC)n1. The highest BCUT2D eigenvalue weighted by Gasteiger charge is 2.03. The first-order valence-corrected chi connectivity index (χ1v) is 6.52. The van der Waals surface area contributed by atoms with Crippen molar-refractivity contribution in [1.29, 1.82) is 0 Å². The molecule has 1 aromatic rings. The zero-order chi connectivity index (χ0) is 11.1. The summed E-state index contributed by atoms with van der Waals surface area (Å²) in [6.45, 7) is 0.703. The second-order valence-electron chi connectivity index (χ2n) is 2.56. The summed E-state index contributed by atoms with van der Waals surface area (Å²) < 4.78 is 4.97. The molecule has 0 radical (unpaired) electrons. The topological polar surface area (TPSA) is 73.1 Å². The molecule has 0 fully saturated rings. The third-order valence-electron chi connectivity index (χ3n) is 1.55. The maximum absolute atomic E-state index is 5.31. The van der Waals surface area contributed by atoms with Crippen molar-refractivity contribution in [1.82, 2.24) is 9.97 Å². The van der Waals surface area contributed by atoms with Crippen LogP contribution in [0.4, 0.5) is 5.82 Å². The Morgan fingerprint density at radius 2 is 2.33 bits per heavy atom. The zero-order valence-electron chi connectivity index (χ0n) is 8.69. The smallest absolute Gasteiger partial charge is 0.190 e. The van der Waals surface area contributed by atoms with Crippen LogP contribution in [0.1, 0.15) is 0 Å². The van der Waals surface area contributed by atoms with Crippen molar-refractivity contribution >= 4 is 29.3 Å². The Morgan fingerprint density at radius 3 is 2.93 bits per heavy atom. The van der Waals surface area contributed by atoms with E-state index >= 15 is 0 Å². The number of nitrogen functional groups attached to an aromatic ring is 1. The van der Waals surface area contributed by atoms with E-state index in [-0.39, 0.29) is 0 Å². The summed E-state index contributed by atoms with van der Waals surface area (Å²) in [7, 11) is 1.68. The van der Waals surface area contributed by atoms with Gasteiger partial charge < -0.3 is 10.2 Å². The minimum absolute atomic E-state index is 0.634. The predicted octanol–water partition coefficient (Wildman–Crippen LogP) is 1.22. The molecule has 0 aliphatic rings. The van der Waals surface area contributed by atoms with Gasteiger partial charge in [0.1, 0.15) is 10.8 Å². The van der Waals surface area contributed by atoms with E-state index in [0.717, 1.165) is 10.8 Å². The maximum atomic E-state index is 5.31. The van der Waals surface area contributed by atoms with Crippen LogP contribution in [0.5, 0.6) is 0 Å². The highest BCUT2D eigenvalue weighted by molar-refractivity contribution is 7.99. The van der Waals surface area contributed by atoms with Gasteiger partial charge in [-0.1, -0.05) is 11.8 Å². The van der Waals surface area contributed by atoms with Gasteiger partial charge in [0, 0.05) is 18.9 Å². The molecule has 3 N–H and O–H groups in total. The molecule has 1 aromatic heterocycles. The van der Waals surface area contributed by atoms with Crippen molar-refractivity contribution in [3.63, 3.8) is 0 Å². The zero-order valence-corrected chi connectivity index (χ0v) is 10.3. The molecule has 7 heteroatoms. The Morgan fingerprint density at radius 1 is 1.53 bits per heavy atom. The minimum atomic E-state index is 0.634. The van der Waals surface area contributed by atoms with Crippen LogP contribution >= 0.6 is 23.5 Å². The number of aromatic nitrogens is 2. The first-order valence-electron chi connectivity index (χ1n) is 4.31. The summed E-state index contributed by atoms with van der Waals surface area (Å²) >= 11 is 3.11. The number of methoxy groups -OCH3 is 1. The lowest BCUT2D eigenvalue weighted by Gasteiger charge is -2.05. The molecular formula is C8H14N4OS2. The predicted molar refractivity (Wildman–Crippen MR) is 64.2 cm³/mol. The number of anilines is 1. The van der Waals surface area contributed by atoms with Crippen molar-refractivity contribution in [3.05, 3.63) is 6.07 Å². The molecule has 1 rings (SSSR count). The van der Waals surface area contributed by atoms with Crippen LogP contribution in [0.2, 0.25) is 0 Å². The average molecular weight is 246 g/mol. The second-order valence-corrected chi connectivity index (χ2v) is 4.45. The molecule has 1 heterocycles. The standard InChI is InChI=1S/C8H14N4OS2/c1-13-3-4-15-7-5-6(12-9)10-8(11-7)14-2/h5H,3-4,9H2,1-2H3,(H,10,11,12). The van der Waals surface area contributed by atoms with Gasteiger partial charge in [-0.3, -0.25) is 0 Å². The first-order chi connectivity index (χ1) is 7.30. The Labute approximate surface area is 97.6 Å². The van der Waals surface area contributed by atoms with E-state index in [1.165, 1.54) is 11.8 Å². The summed E-state index contributed by atoms with van der Waals surface area (Å²) in [5, 5.41) is 1.62. The fourth-order valence-electron chi connectivity index (χ4n) is 0.873. The number of nitrogens with one attached hydrogen (secondary N) is 1. The molecule has 0 saturated heterocycles. The fraction of sp³-hybridized carbons (Fsp3) is 0.500. The molecule has 84 valence electrons. The Balaban J connectivity index is 2.68. The van der Waals surface area contributed by atoms with E-state index in [2.05, 4.69) is 15.4 Å². The Kier molecular flexibility index (Phi) is 5.77. The number of thioether (sulfide) groups is 2. The normalized spacial score (nSPS) is 10.3. The molecule has 0 atom stereocenters. The van der Waals surface area contributed by atoms with Crippen LogP contribution in [-0.2, 0) is 4.74 Å². The third kappa shape index (κ3) is 4.25. The number of rotatable bonds is 6. The number of nitrogens with zero attached hydrogens (tertiary/aromatic N) is 2. The van der Waals surface area contributed by atoms with E-state index in [0.29, 0.717) is 17.6 Å². The van der Waals surface area contributed by atoms with Gasteiger partial charge in [0.2, 0.25) is 0 Å². The number of hydrogen-bond donors (Lipinski definition) is 2. The number of nitrogens with two attached hydrogens (primary N) is 1. The summed E-state index contributed by atoms with van der Waals surface area (Å²) in [6, 6.07) is 1.82. The van der Waals surface area contributed by atoms with Crippen LogP contribution in [0.15, 0.2) is 16.2 Å². The molecule has 0 aliphatic carbocycles. The number of ether oxygens (including phenoxy) is 1. The lowest BCUT2D eigenvalue weighted by molar-refractivity contribution is 0.218. The van der Waals surface area contributed by atoms with Crippen molar-refractivity contribution in [2.75, 3.05) is 31.2 Å². The molecule has 0 aliphatic heterocycles. The van der Waals surface area contributed by atoms with Gasteiger partial charge in [-0.05, 0) is 6.26 Å². The summed E-state index contributed by atoms with van der Waals surface area (Å²) in [5.41, 5.74) is 2.52. The highest BCUT2D eigenvalue weighted by atomic mass is 32.2. The molecule has 0 spiro atoms. The molecule has 0 aromatic carbocycles. The second kappa shape index (κ2) is 6.89. The number of hydrogen-bond acceptors (Lipinski definition) is 7. The summed E-state index contributed by atoms with van der Waals surface area (Å²) in [6.07, 6.45) is 1.93. The van der Waals surface area contributed by atoms with Crippen LogP contribution in [0.25, 0.3) is 0 Å². The minimum Gasteiger partial charge on any atom is -0.384 e. The van der Waals surface area contributed by atoms with E-state index in [4.69, 9.17) is 10.6 Å². The Hall–Kier alpha value is -0.500. The van der Waals surface area contributed by atoms with E-state index in [1.54, 1.807) is 18.9 Å². The molecule has 0 bridgehead atoms. The fourth-order valence-corrected chi connectivity index (χ4v) is 2.11. The van der Waals surface area contributed by atoms with Gasteiger partial charge in [-0.15, -0.1) is 11.8 Å². The van der Waals surface area contributed by atoms with Gasteiger partial charge >= 0.3 is 0 Å². The van der Waals surface area contributed by atoms with Gasteiger partial charge in [-0.25, -0.2) is 15.8 Å².